The molecule has 1 aromatic rings. The van der Waals surface area contributed by atoms with Gasteiger partial charge < -0.3 is 15.3 Å². The van der Waals surface area contributed by atoms with Crippen LogP contribution in [0, 0.1) is 5.82 Å². The zero-order chi connectivity index (χ0) is 14.8. The highest BCUT2D eigenvalue weighted by Crippen LogP contribution is 2.41. The van der Waals surface area contributed by atoms with Crippen LogP contribution < -0.4 is 10.2 Å². The number of aliphatic hydroxyl groups excluding tert-OH is 1. The number of aliphatic hydroxyl groups is 1. The minimum atomic E-state index is -0.216. The van der Waals surface area contributed by atoms with Crippen LogP contribution >= 0.6 is 0 Å². The molecule has 0 amide bonds. The van der Waals surface area contributed by atoms with Crippen molar-refractivity contribution in [3.63, 3.8) is 0 Å². The lowest BCUT2D eigenvalue weighted by Crippen LogP contribution is -2.45. The molecule has 0 spiro atoms. The normalized spacial score (nSPS) is 28.1. The lowest BCUT2D eigenvalue weighted by Gasteiger charge is -2.40. The number of hydrogen-bond donors (Lipinski definition) is 2. The van der Waals surface area contributed by atoms with Crippen molar-refractivity contribution in [2.75, 3.05) is 11.4 Å². The Morgan fingerprint density at radius 3 is 2.67 bits per heavy atom. The number of anilines is 1. The molecule has 2 heterocycles. The quantitative estimate of drug-likeness (QED) is 0.819. The zero-order valence-electron chi connectivity index (χ0n) is 12.7. The Kier molecular flexibility index (Phi) is 4.45. The molecule has 4 heteroatoms. The van der Waals surface area contributed by atoms with Crippen LogP contribution in [0.5, 0.6) is 0 Å². The summed E-state index contributed by atoms with van der Waals surface area (Å²) in [7, 11) is 0. The highest BCUT2D eigenvalue weighted by Gasteiger charge is 2.41. The summed E-state index contributed by atoms with van der Waals surface area (Å²) in [6.45, 7) is 3.78. The van der Waals surface area contributed by atoms with E-state index in [1.54, 1.807) is 12.1 Å². The smallest absolute Gasteiger partial charge is 0.146 e. The average molecular weight is 292 g/mol. The third-order valence-electron chi connectivity index (χ3n) is 4.78. The van der Waals surface area contributed by atoms with Gasteiger partial charge in [-0.15, -0.1) is 0 Å². The van der Waals surface area contributed by atoms with E-state index in [1.807, 2.05) is 6.07 Å². The number of nitrogens with one attached hydrogen (secondary N) is 1. The van der Waals surface area contributed by atoms with E-state index in [0.717, 1.165) is 49.9 Å². The van der Waals surface area contributed by atoms with Gasteiger partial charge in [-0.1, -0.05) is 19.1 Å². The Labute approximate surface area is 126 Å². The van der Waals surface area contributed by atoms with Crippen molar-refractivity contribution in [2.24, 2.45) is 0 Å². The molecule has 0 aliphatic carbocycles. The lowest BCUT2D eigenvalue weighted by atomic mass is 9.97. The highest BCUT2D eigenvalue weighted by molar-refractivity contribution is 5.58. The summed E-state index contributed by atoms with van der Waals surface area (Å²) < 4.78 is 14.5. The maximum Gasteiger partial charge on any atom is 0.146 e. The molecule has 2 bridgehead atoms. The molecule has 2 unspecified atom stereocenters. The monoisotopic (exact) mass is 292 g/mol. The van der Waals surface area contributed by atoms with Crippen LogP contribution in [-0.4, -0.2) is 29.8 Å². The van der Waals surface area contributed by atoms with Gasteiger partial charge in [-0.3, -0.25) is 0 Å². The van der Waals surface area contributed by atoms with Gasteiger partial charge in [0.1, 0.15) is 5.82 Å². The van der Waals surface area contributed by atoms with Gasteiger partial charge in [0.15, 0.2) is 0 Å². The summed E-state index contributed by atoms with van der Waals surface area (Å²) in [5.74, 6) is -0.126. The Bertz CT molecular complexity index is 480. The van der Waals surface area contributed by atoms with Crippen LogP contribution in [0.25, 0.3) is 0 Å². The number of para-hydroxylation sites is 1. The van der Waals surface area contributed by atoms with E-state index in [2.05, 4.69) is 17.1 Å². The molecular weight excluding hydrogens is 267 g/mol. The molecule has 1 aromatic carbocycles. The molecule has 2 atom stereocenters. The van der Waals surface area contributed by atoms with Gasteiger partial charge in [-0.25, -0.2) is 4.39 Å². The molecule has 2 saturated heterocycles. The van der Waals surface area contributed by atoms with Crippen LogP contribution in [0.2, 0.25) is 0 Å². The molecule has 2 fully saturated rings. The van der Waals surface area contributed by atoms with Crippen molar-refractivity contribution < 1.29 is 9.50 Å². The first-order valence-corrected chi connectivity index (χ1v) is 8.15. The van der Waals surface area contributed by atoms with Gasteiger partial charge in [0, 0.05) is 18.6 Å². The second kappa shape index (κ2) is 6.32. The van der Waals surface area contributed by atoms with Crippen molar-refractivity contribution >= 4 is 5.69 Å². The molecular formula is C17H25FN2O. The minimum absolute atomic E-state index is 0.126. The molecule has 2 aliphatic rings. The van der Waals surface area contributed by atoms with E-state index >= 15 is 0 Å². The van der Waals surface area contributed by atoms with E-state index in [1.165, 1.54) is 0 Å². The van der Waals surface area contributed by atoms with E-state index < -0.39 is 0 Å². The number of halogens is 1. The number of benzene rings is 1. The largest absolute Gasteiger partial charge is 0.393 e. The summed E-state index contributed by atoms with van der Waals surface area (Å²) >= 11 is 0. The first kappa shape index (κ1) is 14.8. The zero-order valence-corrected chi connectivity index (χ0v) is 12.7. The van der Waals surface area contributed by atoms with E-state index in [4.69, 9.17) is 0 Å². The van der Waals surface area contributed by atoms with Crippen molar-refractivity contribution in [3.05, 3.63) is 29.6 Å². The fraction of sp³-hybridized carbons (Fsp3) is 0.647. The number of fused-ring (bicyclic) bond motifs is 2. The van der Waals surface area contributed by atoms with Crippen molar-refractivity contribution in [1.29, 1.82) is 0 Å². The molecule has 3 nitrogen and oxygen atoms in total. The third kappa shape index (κ3) is 2.92. The van der Waals surface area contributed by atoms with E-state index in [-0.39, 0.29) is 11.9 Å². The molecule has 3 rings (SSSR count). The van der Waals surface area contributed by atoms with E-state index in [0.29, 0.717) is 18.6 Å². The maximum absolute atomic E-state index is 14.5. The summed E-state index contributed by atoms with van der Waals surface area (Å²) in [6, 6.07) is 5.96. The van der Waals surface area contributed by atoms with Crippen LogP contribution in [0.3, 0.4) is 0 Å². The fourth-order valence-electron chi connectivity index (χ4n) is 3.91. The number of nitrogens with zero attached hydrogens (tertiary/aromatic N) is 1. The van der Waals surface area contributed by atoms with Crippen LogP contribution in [-0.2, 0) is 6.54 Å². The number of piperidine rings is 1. The molecule has 116 valence electrons. The van der Waals surface area contributed by atoms with Crippen molar-refractivity contribution in [3.8, 4) is 0 Å². The van der Waals surface area contributed by atoms with Crippen molar-refractivity contribution in [2.45, 2.75) is 63.8 Å². The third-order valence-corrected chi connectivity index (χ3v) is 4.78. The van der Waals surface area contributed by atoms with Gasteiger partial charge in [-0.05, 0) is 50.3 Å². The highest BCUT2D eigenvalue weighted by atomic mass is 19.1. The molecule has 2 N–H and O–H groups in total. The van der Waals surface area contributed by atoms with Crippen LogP contribution in [0.4, 0.5) is 10.1 Å². The van der Waals surface area contributed by atoms with Crippen molar-refractivity contribution in [1.82, 2.24) is 5.32 Å². The second-order valence-corrected chi connectivity index (χ2v) is 6.34. The summed E-state index contributed by atoms with van der Waals surface area (Å²) in [5, 5.41) is 13.3. The Morgan fingerprint density at radius 2 is 2.00 bits per heavy atom. The standard InChI is InChI=1S/C17H25FN2O/c1-2-8-19-11-12-4-3-5-16(18)17(12)20-13-6-7-14(20)10-15(21)9-13/h3-5,13-15,19,21H,2,6-11H2,1H3. The van der Waals surface area contributed by atoms with Gasteiger partial charge in [-0.2, -0.15) is 0 Å². The molecule has 2 aliphatic heterocycles. The molecule has 0 saturated carbocycles. The fourth-order valence-corrected chi connectivity index (χ4v) is 3.91. The summed E-state index contributed by atoms with van der Waals surface area (Å²) in [6.07, 6.45) is 4.54. The van der Waals surface area contributed by atoms with E-state index in [9.17, 15) is 9.50 Å². The molecule has 21 heavy (non-hydrogen) atoms. The van der Waals surface area contributed by atoms with Crippen LogP contribution in [0.1, 0.15) is 44.6 Å². The van der Waals surface area contributed by atoms with Crippen LogP contribution in [0.15, 0.2) is 18.2 Å². The topological polar surface area (TPSA) is 35.5 Å². The van der Waals surface area contributed by atoms with Gasteiger partial charge in [0.2, 0.25) is 0 Å². The predicted octanol–water partition coefficient (Wildman–Crippen LogP) is 2.82. The van der Waals surface area contributed by atoms with Gasteiger partial charge in [0.25, 0.3) is 0 Å². The summed E-state index contributed by atoms with van der Waals surface area (Å²) in [4.78, 5) is 2.25. The SMILES string of the molecule is CCCNCc1cccc(F)c1N1C2CCC1CC(O)C2. The maximum atomic E-state index is 14.5. The Balaban J connectivity index is 1.87. The number of hydrogen-bond acceptors (Lipinski definition) is 3. The Morgan fingerprint density at radius 1 is 1.29 bits per heavy atom. The molecule has 0 radical (unpaired) electrons. The number of rotatable bonds is 5. The lowest BCUT2D eigenvalue weighted by molar-refractivity contribution is 0.126. The second-order valence-electron chi connectivity index (χ2n) is 6.34. The van der Waals surface area contributed by atoms with Gasteiger partial charge >= 0.3 is 0 Å². The molecule has 0 aromatic heterocycles. The summed E-state index contributed by atoms with van der Waals surface area (Å²) in [5.41, 5.74) is 1.80. The first-order chi connectivity index (χ1) is 10.2. The van der Waals surface area contributed by atoms with Gasteiger partial charge in [0.05, 0.1) is 11.8 Å². The predicted molar refractivity (Wildman–Crippen MR) is 82.9 cm³/mol. The Hall–Kier alpha value is -1.13. The average Bonchev–Trinajstić information content (AvgIpc) is 2.71. The minimum Gasteiger partial charge on any atom is -0.393 e. The first-order valence-electron chi connectivity index (χ1n) is 8.15.